The molecule has 0 aliphatic heterocycles. The maximum atomic E-state index is 11.1. The van der Waals surface area contributed by atoms with Crippen LogP contribution < -0.4 is 10.1 Å². The van der Waals surface area contributed by atoms with E-state index in [0.29, 0.717) is 18.1 Å². The van der Waals surface area contributed by atoms with Gasteiger partial charge in [0.1, 0.15) is 5.75 Å². The first-order valence-electron chi connectivity index (χ1n) is 7.02. The van der Waals surface area contributed by atoms with Gasteiger partial charge < -0.3 is 10.1 Å². The average Bonchev–Trinajstić information content (AvgIpc) is 2.37. The summed E-state index contributed by atoms with van der Waals surface area (Å²) in [4.78, 5) is 10.8. The van der Waals surface area contributed by atoms with Crippen LogP contribution in [0.25, 0.3) is 0 Å². The Morgan fingerprint density at radius 1 is 1.40 bits per heavy atom. The van der Waals surface area contributed by atoms with Crippen molar-refractivity contribution >= 4 is 5.69 Å². The van der Waals surface area contributed by atoms with Crippen LogP contribution in [0.2, 0.25) is 0 Å². The van der Waals surface area contributed by atoms with E-state index in [4.69, 9.17) is 4.74 Å². The van der Waals surface area contributed by atoms with Crippen LogP contribution in [0.5, 0.6) is 5.75 Å². The van der Waals surface area contributed by atoms with Crippen LogP contribution in [0.1, 0.15) is 32.8 Å². The van der Waals surface area contributed by atoms with Crippen LogP contribution in [-0.2, 0) is 6.42 Å². The Balaban J connectivity index is 2.99. The molecule has 0 aliphatic carbocycles. The van der Waals surface area contributed by atoms with E-state index in [1.54, 1.807) is 19.2 Å². The molecular formula is C15H24N2O3. The number of nitrogens with one attached hydrogen (secondary N) is 1. The van der Waals surface area contributed by atoms with E-state index in [1.807, 2.05) is 6.92 Å². The third-order valence-corrected chi connectivity index (χ3v) is 3.20. The molecule has 1 unspecified atom stereocenters. The minimum absolute atomic E-state index is 0.164. The van der Waals surface area contributed by atoms with Crippen molar-refractivity contribution in [2.75, 3.05) is 13.7 Å². The normalized spacial score (nSPS) is 12.4. The van der Waals surface area contributed by atoms with Gasteiger partial charge in [-0.2, -0.15) is 0 Å². The van der Waals surface area contributed by atoms with Crippen LogP contribution in [0.4, 0.5) is 5.69 Å². The molecule has 0 amide bonds. The molecule has 0 saturated heterocycles. The number of likely N-dealkylation sites (N-methyl/N-ethyl adjacent to an activating group) is 1. The van der Waals surface area contributed by atoms with Gasteiger partial charge in [-0.05, 0) is 37.4 Å². The van der Waals surface area contributed by atoms with Gasteiger partial charge in [0.15, 0.2) is 0 Å². The van der Waals surface area contributed by atoms with Gasteiger partial charge in [-0.15, -0.1) is 0 Å². The summed E-state index contributed by atoms with van der Waals surface area (Å²) in [6, 6.07) is 5.16. The van der Waals surface area contributed by atoms with Crippen molar-refractivity contribution in [3.8, 4) is 5.75 Å². The summed E-state index contributed by atoms with van der Waals surface area (Å²) in [5, 5.41) is 14.5. The summed E-state index contributed by atoms with van der Waals surface area (Å²) in [7, 11) is 1.57. The Bertz CT molecular complexity index is 447. The molecule has 1 aromatic carbocycles. The highest BCUT2D eigenvalue weighted by Crippen LogP contribution is 2.26. The van der Waals surface area contributed by atoms with E-state index in [1.165, 1.54) is 6.07 Å². The van der Waals surface area contributed by atoms with Crippen molar-refractivity contribution in [3.63, 3.8) is 0 Å². The third kappa shape index (κ3) is 4.81. The van der Waals surface area contributed by atoms with Crippen molar-refractivity contribution in [1.29, 1.82) is 0 Å². The number of methoxy groups -OCH3 is 1. The maximum absolute atomic E-state index is 11.1. The number of hydrogen-bond acceptors (Lipinski definition) is 4. The second-order valence-electron chi connectivity index (χ2n) is 5.34. The molecule has 0 aromatic heterocycles. The quantitative estimate of drug-likeness (QED) is 0.587. The molecule has 112 valence electrons. The van der Waals surface area contributed by atoms with Crippen molar-refractivity contribution < 1.29 is 9.66 Å². The van der Waals surface area contributed by atoms with Crippen LogP contribution in [0.15, 0.2) is 18.2 Å². The molecule has 20 heavy (non-hydrogen) atoms. The summed E-state index contributed by atoms with van der Waals surface area (Å²) in [5.41, 5.74) is 0.887. The number of rotatable bonds is 8. The molecule has 0 bridgehead atoms. The van der Waals surface area contributed by atoms with Gasteiger partial charge >= 0.3 is 0 Å². The first-order chi connectivity index (χ1) is 9.47. The SMILES string of the molecule is CCNC(Cc1cc(OC)ccc1[N+](=O)[O-])CC(C)C. The van der Waals surface area contributed by atoms with Gasteiger partial charge in [0.05, 0.1) is 12.0 Å². The predicted octanol–water partition coefficient (Wildman–Crippen LogP) is 3.17. The lowest BCUT2D eigenvalue weighted by Crippen LogP contribution is -2.32. The zero-order valence-corrected chi connectivity index (χ0v) is 12.7. The summed E-state index contributed by atoms with van der Waals surface area (Å²) < 4.78 is 5.17. The molecule has 0 fully saturated rings. The summed E-state index contributed by atoms with van der Waals surface area (Å²) >= 11 is 0. The lowest BCUT2D eigenvalue weighted by molar-refractivity contribution is -0.385. The highest BCUT2D eigenvalue weighted by Gasteiger charge is 2.19. The Morgan fingerprint density at radius 3 is 2.60 bits per heavy atom. The van der Waals surface area contributed by atoms with Crippen LogP contribution in [0.3, 0.4) is 0 Å². The number of benzene rings is 1. The number of nitrogens with zero attached hydrogens (tertiary/aromatic N) is 1. The smallest absolute Gasteiger partial charge is 0.272 e. The van der Waals surface area contributed by atoms with Gasteiger partial charge in [0.25, 0.3) is 5.69 Å². The molecule has 5 nitrogen and oxygen atoms in total. The minimum atomic E-state index is -0.326. The second-order valence-corrected chi connectivity index (χ2v) is 5.34. The van der Waals surface area contributed by atoms with Gasteiger partial charge in [-0.1, -0.05) is 20.8 Å². The summed E-state index contributed by atoms with van der Waals surface area (Å²) in [6.45, 7) is 7.22. The number of hydrogen-bond donors (Lipinski definition) is 1. The Kier molecular flexibility index (Phi) is 6.45. The fraction of sp³-hybridized carbons (Fsp3) is 0.600. The van der Waals surface area contributed by atoms with E-state index in [2.05, 4.69) is 19.2 Å². The van der Waals surface area contributed by atoms with E-state index in [-0.39, 0.29) is 16.7 Å². The highest BCUT2D eigenvalue weighted by molar-refractivity contribution is 5.45. The van der Waals surface area contributed by atoms with Crippen molar-refractivity contribution in [2.45, 2.75) is 39.7 Å². The first kappa shape index (κ1) is 16.4. The Labute approximate surface area is 120 Å². The van der Waals surface area contributed by atoms with Gasteiger partial charge in [0.2, 0.25) is 0 Å². The molecule has 1 aromatic rings. The average molecular weight is 280 g/mol. The van der Waals surface area contributed by atoms with Crippen LogP contribution >= 0.6 is 0 Å². The summed E-state index contributed by atoms with van der Waals surface area (Å²) in [5.74, 6) is 1.20. The highest BCUT2D eigenvalue weighted by atomic mass is 16.6. The fourth-order valence-corrected chi connectivity index (χ4v) is 2.39. The molecule has 0 heterocycles. The Morgan fingerprint density at radius 2 is 2.10 bits per heavy atom. The summed E-state index contributed by atoms with van der Waals surface area (Å²) in [6.07, 6.45) is 1.63. The molecule has 1 atom stereocenters. The van der Waals surface area contributed by atoms with Crippen molar-refractivity contribution in [2.24, 2.45) is 5.92 Å². The molecule has 5 heteroatoms. The zero-order chi connectivity index (χ0) is 15.1. The van der Waals surface area contributed by atoms with E-state index < -0.39 is 0 Å². The third-order valence-electron chi connectivity index (χ3n) is 3.20. The molecule has 1 rings (SSSR count). The molecule has 0 aliphatic rings. The lowest BCUT2D eigenvalue weighted by Gasteiger charge is -2.20. The first-order valence-corrected chi connectivity index (χ1v) is 7.02. The molecule has 0 spiro atoms. The maximum Gasteiger partial charge on any atom is 0.272 e. The van der Waals surface area contributed by atoms with E-state index in [0.717, 1.165) is 18.5 Å². The monoisotopic (exact) mass is 280 g/mol. The fourth-order valence-electron chi connectivity index (χ4n) is 2.39. The lowest BCUT2D eigenvalue weighted by atomic mass is 9.96. The van der Waals surface area contributed by atoms with E-state index in [9.17, 15) is 10.1 Å². The number of ether oxygens (including phenoxy) is 1. The molecular weight excluding hydrogens is 256 g/mol. The molecule has 0 radical (unpaired) electrons. The largest absolute Gasteiger partial charge is 0.497 e. The van der Waals surface area contributed by atoms with E-state index >= 15 is 0 Å². The van der Waals surface area contributed by atoms with Crippen LogP contribution in [0, 0.1) is 16.0 Å². The van der Waals surface area contributed by atoms with Crippen molar-refractivity contribution in [3.05, 3.63) is 33.9 Å². The Hall–Kier alpha value is -1.62. The zero-order valence-electron chi connectivity index (χ0n) is 12.7. The minimum Gasteiger partial charge on any atom is -0.497 e. The number of nitro groups is 1. The van der Waals surface area contributed by atoms with Gasteiger partial charge in [-0.25, -0.2) is 0 Å². The molecule has 0 saturated carbocycles. The second kappa shape index (κ2) is 7.85. The number of nitro benzene ring substituents is 1. The standard InChI is InChI=1S/C15H24N2O3/c1-5-16-13(8-11(2)3)9-12-10-14(20-4)6-7-15(12)17(18)19/h6-7,10-11,13,16H,5,8-9H2,1-4H3. The van der Waals surface area contributed by atoms with Crippen LogP contribution in [-0.4, -0.2) is 24.6 Å². The molecule has 1 N–H and O–H groups in total. The van der Waals surface area contributed by atoms with Gasteiger partial charge in [0, 0.05) is 17.7 Å². The van der Waals surface area contributed by atoms with Crippen molar-refractivity contribution in [1.82, 2.24) is 5.32 Å². The van der Waals surface area contributed by atoms with Gasteiger partial charge in [-0.3, -0.25) is 10.1 Å². The predicted molar refractivity (Wildman–Crippen MR) is 80.3 cm³/mol. The topological polar surface area (TPSA) is 64.4 Å².